The molecular formula is C6H6Cl2N2O2. The third-order valence-electron chi connectivity index (χ3n) is 1.24. The Kier molecular flexibility index (Phi) is 2.94. The van der Waals surface area contributed by atoms with E-state index in [4.69, 9.17) is 23.2 Å². The topological polar surface area (TPSA) is 44.1 Å². The summed E-state index contributed by atoms with van der Waals surface area (Å²) in [7, 11) is 1.27. The quantitative estimate of drug-likeness (QED) is 0.547. The number of methoxy groups -OCH3 is 1. The number of rotatable bonds is 2. The van der Waals surface area contributed by atoms with Crippen molar-refractivity contribution in [3.8, 4) is 0 Å². The van der Waals surface area contributed by atoms with Gasteiger partial charge in [-0.15, -0.1) is 11.6 Å². The zero-order chi connectivity index (χ0) is 9.14. The molecule has 0 saturated carbocycles. The summed E-state index contributed by atoms with van der Waals surface area (Å²) in [5, 5.41) is 3.85. The van der Waals surface area contributed by atoms with Gasteiger partial charge >= 0.3 is 5.97 Å². The number of nitrogens with zero attached hydrogens (tertiary/aromatic N) is 2. The van der Waals surface area contributed by atoms with E-state index in [9.17, 15) is 4.79 Å². The Balaban J connectivity index is 2.99. The number of alkyl halides is 1. The first kappa shape index (κ1) is 9.35. The van der Waals surface area contributed by atoms with E-state index in [1.807, 2.05) is 0 Å². The zero-order valence-corrected chi connectivity index (χ0v) is 7.76. The van der Waals surface area contributed by atoms with Crippen molar-refractivity contribution < 1.29 is 9.53 Å². The van der Waals surface area contributed by atoms with Gasteiger partial charge in [0.25, 0.3) is 0 Å². The first-order valence-corrected chi connectivity index (χ1v) is 3.97. The van der Waals surface area contributed by atoms with Crippen LogP contribution in [0.2, 0.25) is 5.15 Å². The lowest BCUT2D eigenvalue weighted by Gasteiger charge is -1.92. The fourth-order valence-corrected chi connectivity index (χ4v) is 1.05. The van der Waals surface area contributed by atoms with E-state index in [1.54, 1.807) is 0 Å². The van der Waals surface area contributed by atoms with Crippen LogP contribution in [-0.4, -0.2) is 22.9 Å². The van der Waals surface area contributed by atoms with Gasteiger partial charge in [0.2, 0.25) is 0 Å². The molecule has 4 nitrogen and oxygen atoms in total. The maximum atomic E-state index is 11.0. The summed E-state index contributed by atoms with van der Waals surface area (Å²) in [6.07, 6.45) is 1.43. The molecule has 0 unspecified atom stereocenters. The van der Waals surface area contributed by atoms with Gasteiger partial charge in [0.1, 0.15) is 11.6 Å². The zero-order valence-electron chi connectivity index (χ0n) is 6.25. The van der Waals surface area contributed by atoms with Gasteiger partial charge in [-0.05, 0) is 0 Å². The van der Waals surface area contributed by atoms with Crippen LogP contribution in [0.25, 0.3) is 0 Å². The highest BCUT2D eigenvalue weighted by atomic mass is 35.5. The maximum absolute atomic E-state index is 11.0. The molecule has 0 atom stereocenters. The largest absolute Gasteiger partial charge is 0.465 e. The normalized spacial score (nSPS) is 9.92. The summed E-state index contributed by atoms with van der Waals surface area (Å²) < 4.78 is 5.80. The van der Waals surface area contributed by atoms with E-state index in [2.05, 4.69) is 9.84 Å². The van der Waals surface area contributed by atoms with E-state index >= 15 is 0 Å². The molecule has 0 N–H and O–H groups in total. The lowest BCUT2D eigenvalue weighted by Crippen LogP contribution is -1.99. The minimum Gasteiger partial charge on any atom is -0.465 e. The first-order chi connectivity index (χ1) is 5.69. The van der Waals surface area contributed by atoms with Crippen LogP contribution in [0.4, 0.5) is 0 Å². The van der Waals surface area contributed by atoms with Gasteiger partial charge in [-0.1, -0.05) is 11.6 Å². The highest BCUT2D eigenvalue weighted by molar-refractivity contribution is 6.32. The third-order valence-corrected chi connectivity index (χ3v) is 1.77. The van der Waals surface area contributed by atoms with Crippen LogP contribution < -0.4 is 0 Å². The number of hydrogen-bond acceptors (Lipinski definition) is 3. The van der Waals surface area contributed by atoms with Gasteiger partial charge in [0, 0.05) is 6.20 Å². The van der Waals surface area contributed by atoms with Crippen LogP contribution in [0.5, 0.6) is 0 Å². The average molecular weight is 209 g/mol. The number of carbonyl (C=O) groups is 1. The number of carbonyl (C=O) groups excluding carboxylic acids is 1. The van der Waals surface area contributed by atoms with Crippen LogP contribution in [0.3, 0.4) is 0 Å². The van der Waals surface area contributed by atoms with Crippen molar-refractivity contribution in [1.29, 1.82) is 0 Å². The van der Waals surface area contributed by atoms with Crippen molar-refractivity contribution in [2.45, 2.75) is 6.00 Å². The smallest absolute Gasteiger partial charge is 0.342 e. The van der Waals surface area contributed by atoms with E-state index in [0.29, 0.717) is 0 Å². The molecule has 0 saturated heterocycles. The Morgan fingerprint density at radius 1 is 1.83 bits per heavy atom. The number of aromatic nitrogens is 2. The summed E-state index contributed by atoms with van der Waals surface area (Å²) >= 11 is 11.1. The second-order valence-electron chi connectivity index (χ2n) is 1.98. The molecule has 1 aromatic rings. The molecule has 0 aliphatic carbocycles. The van der Waals surface area contributed by atoms with E-state index in [1.165, 1.54) is 18.0 Å². The highest BCUT2D eigenvalue weighted by Gasteiger charge is 2.14. The summed E-state index contributed by atoms with van der Waals surface area (Å²) in [6.45, 7) is 0. The molecule has 0 radical (unpaired) electrons. The molecule has 0 spiro atoms. The molecule has 0 amide bonds. The van der Waals surface area contributed by atoms with Crippen LogP contribution in [0.15, 0.2) is 6.20 Å². The molecule has 0 aromatic carbocycles. The van der Waals surface area contributed by atoms with Gasteiger partial charge in [0.05, 0.1) is 7.11 Å². The SMILES string of the molecule is COC(=O)c1cn(CCl)nc1Cl. The van der Waals surface area contributed by atoms with Crippen LogP contribution in [0, 0.1) is 0 Å². The highest BCUT2D eigenvalue weighted by Crippen LogP contribution is 2.14. The lowest BCUT2D eigenvalue weighted by atomic mass is 10.4. The van der Waals surface area contributed by atoms with E-state index in [0.717, 1.165) is 0 Å². The Bertz CT molecular complexity index is 298. The third kappa shape index (κ3) is 1.70. The van der Waals surface area contributed by atoms with E-state index in [-0.39, 0.29) is 16.7 Å². The predicted octanol–water partition coefficient (Wildman–Crippen LogP) is 1.52. The Morgan fingerprint density at radius 3 is 2.92 bits per heavy atom. The summed E-state index contributed by atoms with van der Waals surface area (Å²) in [4.78, 5) is 11.0. The number of halogens is 2. The fraction of sp³-hybridized carbons (Fsp3) is 0.333. The predicted molar refractivity (Wildman–Crippen MR) is 44.4 cm³/mol. The van der Waals surface area contributed by atoms with Crippen molar-refractivity contribution in [3.05, 3.63) is 16.9 Å². The molecule has 0 aliphatic rings. The van der Waals surface area contributed by atoms with Crippen LogP contribution in [-0.2, 0) is 10.7 Å². The van der Waals surface area contributed by atoms with Crippen molar-refractivity contribution in [2.24, 2.45) is 0 Å². The molecular weight excluding hydrogens is 203 g/mol. The molecule has 1 heterocycles. The van der Waals surface area contributed by atoms with Gasteiger partial charge in [0.15, 0.2) is 5.15 Å². The molecule has 66 valence electrons. The first-order valence-electron chi connectivity index (χ1n) is 3.06. The van der Waals surface area contributed by atoms with Crippen molar-refractivity contribution in [2.75, 3.05) is 7.11 Å². The van der Waals surface area contributed by atoms with Gasteiger partial charge in [-0.25, -0.2) is 4.79 Å². The molecule has 0 aliphatic heterocycles. The average Bonchev–Trinajstić information content (AvgIpc) is 2.45. The van der Waals surface area contributed by atoms with Crippen LogP contribution in [0.1, 0.15) is 10.4 Å². The number of hydrogen-bond donors (Lipinski definition) is 0. The van der Waals surface area contributed by atoms with Crippen molar-refractivity contribution in [1.82, 2.24) is 9.78 Å². The van der Waals surface area contributed by atoms with Gasteiger partial charge < -0.3 is 4.74 Å². The maximum Gasteiger partial charge on any atom is 0.342 e. The summed E-state index contributed by atoms with van der Waals surface area (Å²) in [6, 6.07) is 0.150. The lowest BCUT2D eigenvalue weighted by molar-refractivity contribution is 0.0601. The molecule has 6 heteroatoms. The standard InChI is InChI=1S/C6H6Cl2N2O2/c1-12-6(11)4-2-10(3-7)9-5(4)8/h2H,3H2,1H3. The Hall–Kier alpha value is -0.740. The fourth-order valence-electron chi connectivity index (χ4n) is 0.706. The van der Waals surface area contributed by atoms with Crippen LogP contribution >= 0.6 is 23.2 Å². The van der Waals surface area contributed by atoms with Crippen molar-refractivity contribution in [3.63, 3.8) is 0 Å². The summed E-state index contributed by atoms with van der Waals surface area (Å²) in [5.74, 6) is -0.517. The Morgan fingerprint density at radius 2 is 2.50 bits per heavy atom. The number of esters is 1. The molecule has 12 heavy (non-hydrogen) atoms. The number of ether oxygens (including phenoxy) is 1. The minimum atomic E-state index is -0.517. The Labute approximate surface area is 79.0 Å². The van der Waals surface area contributed by atoms with E-state index < -0.39 is 5.97 Å². The second kappa shape index (κ2) is 3.78. The molecule has 0 fully saturated rings. The second-order valence-corrected chi connectivity index (χ2v) is 2.58. The molecule has 1 rings (SSSR count). The van der Waals surface area contributed by atoms with Crippen molar-refractivity contribution >= 4 is 29.2 Å². The van der Waals surface area contributed by atoms with Gasteiger partial charge in [-0.3, -0.25) is 4.68 Å². The van der Waals surface area contributed by atoms with Gasteiger partial charge in [-0.2, -0.15) is 5.10 Å². The monoisotopic (exact) mass is 208 g/mol. The minimum absolute atomic E-state index is 0.0995. The molecule has 0 bridgehead atoms. The summed E-state index contributed by atoms with van der Waals surface area (Å²) in [5.41, 5.74) is 0.222. The molecule has 1 aromatic heterocycles.